The number of anilines is 3. The molecule has 7 nitrogen and oxygen atoms in total. The van der Waals surface area contributed by atoms with Crippen LogP contribution in [0.5, 0.6) is 5.75 Å². The van der Waals surface area contributed by atoms with E-state index in [0.717, 1.165) is 75.8 Å². The molecule has 0 atom stereocenters. The average Bonchev–Trinajstić information content (AvgIpc) is 3.23. The Bertz CT molecular complexity index is 969. The predicted octanol–water partition coefficient (Wildman–Crippen LogP) is 4.02. The number of rotatable bonds is 10. The number of nitrogen functional groups attached to an aromatic ring is 1. The van der Waals surface area contributed by atoms with Crippen molar-refractivity contribution in [1.82, 2.24) is 4.90 Å². The number of oxime groups is 1. The van der Waals surface area contributed by atoms with Gasteiger partial charge >= 0.3 is 0 Å². The number of fused-ring (bicyclic) bond motifs is 1. The summed E-state index contributed by atoms with van der Waals surface area (Å²) in [5.41, 5.74) is 11.7. The fraction of sp³-hybridized carbons (Fsp3) is 0.519. The smallest absolute Gasteiger partial charge is 0.142 e. The first-order valence-corrected chi connectivity index (χ1v) is 12.6. The highest BCUT2D eigenvalue weighted by molar-refractivity contribution is 5.89. The van der Waals surface area contributed by atoms with Gasteiger partial charge in [0, 0.05) is 50.6 Å². The van der Waals surface area contributed by atoms with Gasteiger partial charge in [-0.25, -0.2) is 0 Å². The molecule has 2 aromatic carbocycles. The molecule has 0 bridgehead atoms. The van der Waals surface area contributed by atoms with Crippen molar-refractivity contribution in [2.75, 3.05) is 68.0 Å². The van der Waals surface area contributed by atoms with Gasteiger partial charge in [0.25, 0.3) is 0 Å². The number of benzene rings is 2. The lowest BCUT2D eigenvalue weighted by molar-refractivity contribution is 0.107. The van der Waals surface area contributed by atoms with Crippen molar-refractivity contribution in [2.24, 2.45) is 5.16 Å². The second-order valence-corrected chi connectivity index (χ2v) is 9.37. The Labute approximate surface area is 204 Å². The number of ether oxygens (including phenoxy) is 1. The zero-order valence-electron chi connectivity index (χ0n) is 20.9. The van der Waals surface area contributed by atoms with Crippen molar-refractivity contribution in [3.05, 3.63) is 48.0 Å². The quantitative estimate of drug-likeness (QED) is 0.247. The van der Waals surface area contributed by atoms with Crippen molar-refractivity contribution in [1.29, 1.82) is 0 Å². The number of hydrogen-bond acceptors (Lipinski definition) is 7. The van der Waals surface area contributed by atoms with Gasteiger partial charge in [0.1, 0.15) is 12.4 Å². The first-order valence-electron chi connectivity index (χ1n) is 12.6. The lowest BCUT2D eigenvalue weighted by atomic mass is 10.1. The maximum atomic E-state index is 6.01. The zero-order chi connectivity index (χ0) is 23.9. The van der Waals surface area contributed by atoms with Crippen molar-refractivity contribution in [2.45, 2.75) is 39.7 Å². The molecule has 0 aliphatic carbocycles. The predicted molar refractivity (Wildman–Crippen MR) is 141 cm³/mol. The van der Waals surface area contributed by atoms with E-state index in [-0.39, 0.29) is 6.10 Å². The van der Waals surface area contributed by atoms with Crippen LogP contribution in [0.15, 0.2) is 47.6 Å². The van der Waals surface area contributed by atoms with Crippen molar-refractivity contribution in [3.63, 3.8) is 0 Å². The van der Waals surface area contributed by atoms with Gasteiger partial charge in [-0.1, -0.05) is 30.3 Å². The van der Waals surface area contributed by atoms with E-state index in [9.17, 15) is 0 Å². The van der Waals surface area contributed by atoms with Crippen LogP contribution in [-0.2, 0) is 11.3 Å². The molecule has 2 aliphatic rings. The Kier molecular flexibility index (Phi) is 8.16. The summed E-state index contributed by atoms with van der Waals surface area (Å²) in [6, 6.07) is 14.5. The van der Waals surface area contributed by atoms with E-state index in [1.165, 1.54) is 16.9 Å². The molecule has 1 saturated heterocycles. The van der Waals surface area contributed by atoms with Gasteiger partial charge in [0.05, 0.1) is 24.0 Å². The van der Waals surface area contributed by atoms with Gasteiger partial charge < -0.3 is 25.1 Å². The Morgan fingerprint density at radius 1 is 1.03 bits per heavy atom. The third-order valence-electron chi connectivity index (χ3n) is 6.52. The molecule has 0 aromatic heterocycles. The van der Waals surface area contributed by atoms with Crippen molar-refractivity contribution in [3.8, 4) is 5.75 Å². The highest BCUT2D eigenvalue weighted by Gasteiger charge is 2.21. The SMILES string of the molecule is CC/C(CN1CCc2ccc(N)cc21)=N\OCCN1CCN(c2ccccc2OC(C)C)CC1. The Hall–Kier alpha value is -2.93. The molecule has 0 unspecified atom stereocenters. The van der Waals surface area contributed by atoms with Crippen LogP contribution in [0.1, 0.15) is 32.8 Å². The second-order valence-electron chi connectivity index (χ2n) is 9.37. The van der Waals surface area contributed by atoms with E-state index in [0.29, 0.717) is 6.61 Å². The highest BCUT2D eigenvalue weighted by Crippen LogP contribution is 2.30. The molecule has 2 aromatic rings. The molecular weight excluding hydrogens is 426 g/mol. The van der Waals surface area contributed by atoms with Crippen LogP contribution in [0.4, 0.5) is 17.1 Å². The van der Waals surface area contributed by atoms with Crippen LogP contribution in [0.3, 0.4) is 0 Å². The van der Waals surface area contributed by atoms with E-state index in [1.54, 1.807) is 0 Å². The van der Waals surface area contributed by atoms with Gasteiger partial charge in [0.15, 0.2) is 0 Å². The van der Waals surface area contributed by atoms with Gasteiger partial charge in [-0.05, 0) is 56.5 Å². The molecule has 0 spiro atoms. The van der Waals surface area contributed by atoms with Crippen LogP contribution < -0.4 is 20.3 Å². The Balaban J connectivity index is 1.22. The van der Waals surface area contributed by atoms with Gasteiger partial charge in [-0.2, -0.15) is 0 Å². The van der Waals surface area contributed by atoms with Crippen LogP contribution in [-0.4, -0.2) is 69.1 Å². The minimum Gasteiger partial charge on any atom is -0.489 e. The molecular formula is C27H39N5O2. The van der Waals surface area contributed by atoms with Crippen molar-refractivity contribution >= 4 is 22.8 Å². The molecule has 2 heterocycles. The molecule has 34 heavy (non-hydrogen) atoms. The molecule has 2 aliphatic heterocycles. The number of nitrogens with zero attached hydrogens (tertiary/aromatic N) is 4. The molecule has 1 fully saturated rings. The number of nitrogens with two attached hydrogens (primary N) is 1. The van der Waals surface area contributed by atoms with Crippen LogP contribution in [0, 0.1) is 0 Å². The lowest BCUT2D eigenvalue weighted by Gasteiger charge is -2.36. The summed E-state index contributed by atoms with van der Waals surface area (Å²) in [6.45, 7) is 13.6. The first kappa shape index (κ1) is 24.2. The van der Waals surface area contributed by atoms with Gasteiger partial charge in [-0.3, -0.25) is 4.90 Å². The maximum absolute atomic E-state index is 6.01. The number of para-hydroxylation sites is 2. The lowest BCUT2D eigenvalue weighted by Crippen LogP contribution is -2.47. The van der Waals surface area contributed by atoms with E-state index in [1.807, 2.05) is 12.1 Å². The summed E-state index contributed by atoms with van der Waals surface area (Å²) < 4.78 is 6.01. The summed E-state index contributed by atoms with van der Waals surface area (Å²) in [5.74, 6) is 0.971. The second kappa shape index (κ2) is 11.5. The van der Waals surface area contributed by atoms with E-state index in [2.05, 4.69) is 71.0 Å². The summed E-state index contributed by atoms with van der Waals surface area (Å²) in [4.78, 5) is 13.0. The normalized spacial score (nSPS) is 16.8. The minimum absolute atomic E-state index is 0.173. The van der Waals surface area contributed by atoms with Crippen LogP contribution in [0.2, 0.25) is 0 Å². The Morgan fingerprint density at radius 2 is 1.82 bits per heavy atom. The number of hydrogen-bond donors (Lipinski definition) is 1. The van der Waals surface area contributed by atoms with E-state index < -0.39 is 0 Å². The molecule has 7 heteroatoms. The fourth-order valence-electron chi connectivity index (χ4n) is 4.64. The zero-order valence-corrected chi connectivity index (χ0v) is 20.9. The number of piperazine rings is 1. The monoisotopic (exact) mass is 465 g/mol. The summed E-state index contributed by atoms with van der Waals surface area (Å²) in [6.07, 6.45) is 2.12. The molecule has 0 saturated carbocycles. The van der Waals surface area contributed by atoms with Gasteiger partial charge in [0.2, 0.25) is 0 Å². The summed E-state index contributed by atoms with van der Waals surface area (Å²) in [5, 5.41) is 4.48. The highest BCUT2D eigenvalue weighted by atomic mass is 16.6. The molecule has 0 amide bonds. The van der Waals surface area contributed by atoms with E-state index in [4.69, 9.17) is 15.3 Å². The molecule has 2 N–H and O–H groups in total. The molecule has 4 rings (SSSR count). The third kappa shape index (κ3) is 6.14. The largest absolute Gasteiger partial charge is 0.489 e. The van der Waals surface area contributed by atoms with E-state index >= 15 is 0 Å². The fourth-order valence-corrected chi connectivity index (χ4v) is 4.64. The Morgan fingerprint density at radius 3 is 2.59 bits per heavy atom. The minimum atomic E-state index is 0.173. The molecule has 184 valence electrons. The van der Waals surface area contributed by atoms with Gasteiger partial charge in [-0.15, -0.1) is 0 Å². The maximum Gasteiger partial charge on any atom is 0.142 e. The van der Waals surface area contributed by atoms with Crippen LogP contribution >= 0.6 is 0 Å². The van der Waals surface area contributed by atoms with Crippen LogP contribution in [0.25, 0.3) is 0 Å². The van der Waals surface area contributed by atoms with Crippen molar-refractivity contribution < 1.29 is 9.57 Å². The summed E-state index contributed by atoms with van der Waals surface area (Å²) in [7, 11) is 0. The first-order chi connectivity index (χ1) is 16.5. The topological polar surface area (TPSA) is 66.6 Å². The standard InChI is InChI=1S/C27H39N5O2/c1-4-24(20-32-12-11-22-9-10-23(28)19-26(22)32)29-33-18-17-30-13-15-31(16-14-30)25-7-5-6-8-27(25)34-21(2)3/h5-10,19,21H,4,11-18,20,28H2,1-3H3/b29-24+. The average molecular weight is 466 g/mol. The molecule has 0 radical (unpaired) electrons. The third-order valence-corrected chi connectivity index (χ3v) is 6.52. The summed E-state index contributed by atoms with van der Waals surface area (Å²) >= 11 is 0.